The fourth-order valence-electron chi connectivity index (χ4n) is 1.99. The molecule has 0 unspecified atom stereocenters. The van der Waals surface area contributed by atoms with Crippen LogP contribution in [0.2, 0.25) is 0 Å². The SMILES string of the molecule is COCC(=O)N1CCC[C@H](Oc2ncc(F)cn2)C1. The molecule has 1 aliphatic rings. The first-order chi connectivity index (χ1) is 9.19. The summed E-state index contributed by atoms with van der Waals surface area (Å²) in [5.74, 6) is -0.566. The van der Waals surface area contributed by atoms with Crippen LogP contribution in [0.5, 0.6) is 6.01 Å². The van der Waals surface area contributed by atoms with E-state index in [1.165, 1.54) is 7.11 Å². The van der Waals surface area contributed by atoms with Gasteiger partial charge < -0.3 is 14.4 Å². The zero-order chi connectivity index (χ0) is 13.7. The Kier molecular flexibility index (Phi) is 4.62. The summed E-state index contributed by atoms with van der Waals surface area (Å²) in [5, 5.41) is 0. The molecule has 1 atom stereocenters. The molecule has 2 heterocycles. The third kappa shape index (κ3) is 3.85. The van der Waals surface area contributed by atoms with E-state index in [9.17, 15) is 9.18 Å². The van der Waals surface area contributed by atoms with E-state index in [1.54, 1.807) is 4.90 Å². The van der Waals surface area contributed by atoms with Gasteiger partial charge in [0.25, 0.3) is 0 Å². The molecule has 1 fully saturated rings. The predicted molar refractivity (Wildman–Crippen MR) is 64.1 cm³/mol. The summed E-state index contributed by atoms with van der Waals surface area (Å²) in [6.45, 7) is 1.25. The molecule has 1 aromatic rings. The van der Waals surface area contributed by atoms with Gasteiger partial charge in [-0.3, -0.25) is 4.79 Å². The summed E-state index contributed by atoms with van der Waals surface area (Å²) < 4.78 is 23.0. The number of aromatic nitrogens is 2. The van der Waals surface area contributed by atoms with Gasteiger partial charge in [-0.1, -0.05) is 0 Å². The van der Waals surface area contributed by atoms with Crippen molar-refractivity contribution in [2.75, 3.05) is 26.8 Å². The molecular formula is C12H16FN3O3. The number of nitrogens with zero attached hydrogens (tertiary/aromatic N) is 3. The fourth-order valence-corrected chi connectivity index (χ4v) is 1.99. The van der Waals surface area contributed by atoms with Crippen molar-refractivity contribution in [2.45, 2.75) is 18.9 Å². The number of rotatable bonds is 4. The van der Waals surface area contributed by atoms with Gasteiger partial charge in [-0.15, -0.1) is 0 Å². The van der Waals surface area contributed by atoms with Crippen molar-refractivity contribution in [2.24, 2.45) is 0 Å². The molecule has 1 saturated heterocycles. The van der Waals surface area contributed by atoms with Crippen LogP contribution in [-0.4, -0.2) is 53.7 Å². The third-order valence-electron chi connectivity index (χ3n) is 2.87. The number of piperidine rings is 1. The van der Waals surface area contributed by atoms with Crippen molar-refractivity contribution < 1.29 is 18.7 Å². The van der Waals surface area contributed by atoms with Crippen molar-refractivity contribution >= 4 is 5.91 Å². The summed E-state index contributed by atoms with van der Waals surface area (Å²) >= 11 is 0. The number of likely N-dealkylation sites (tertiary alicyclic amines) is 1. The van der Waals surface area contributed by atoms with Crippen LogP contribution in [-0.2, 0) is 9.53 Å². The number of hydrogen-bond acceptors (Lipinski definition) is 5. The maximum atomic E-state index is 12.7. The lowest BCUT2D eigenvalue weighted by molar-refractivity contribution is -0.137. The Morgan fingerprint density at radius 2 is 2.26 bits per heavy atom. The summed E-state index contributed by atoms with van der Waals surface area (Å²) in [7, 11) is 1.49. The third-order valence-corrected chi connectivity index (χ3v) is 2.87. The quantitative estimate of drug-likeness (QED) is 0.802. The molecule has 0 spiro atoms. The predicted octanol–water partition coefficient (Wildman–Crippen LogP) is 0.632. The van der Waals surface area contributed by atoms with E-state index in [2.05, 4.69) is 9.97 Å². The highest BCUT2D eigenvalue weighted by Crippen LogP contribution is 2.15. The number of methoxy groups -OCH3 is 1. The van der Waals surface area contributed by atoms with E-state index < -0.39 is 5.82 Å². The fraction of sp³-hybridized carbons (Fsp3) is 0.583. The van der Waals surface area contributed by atoms with Crippen molar-refractivity contribution in [3.05, 3.63) is 18.2 Å². The molecule has 1 amide bonds. The van der Waals surface area contributed by atoms with E-state index in [0.717, 1.165) is 25.2 Å². The first-order valence-corrected chi connectivity index (χ1v) is 6.10. The van der Waals surface area contributed by atoms with Gasteiger partial charge in [-0.2, -0.15) is 0 Å². The Balaban J connectivity index is 1.90. The summed E-state index contributed by atoms with van der Waals surface area (Å²) in [5.41, 5.74) is 0. The second-order valence-electron chi connectivity index (χ2n) is 4.34. The van der Waals surface area contributed by atoms with Gasteiger partial charge in [0.1, 0.15) is 12.7 Å². The zero-order valence-corrected chi connectivity index (χ0v) is 10.7. The van der Waals surface area contributed by atoms with Gasteiger partial charge in [0, 0.05) is 13.7 Å². The van der Waals surface area contributed by atoms with E-state index in [-0.39, 0.29) is 24.6 Å². The van der Waals surface area contributed by atoms with Crippen molar-refractivity contribution in [3.8, 4) is 6.01 Å². The maximum absolute atomic E-state index is 12.7. The van der Waals surface area contributed by atoms with E-state index in [4.69, 9.17) is 9.47 Å². The van der Waals surface area contributed by atoms with Gasteiger partial charge >= 0.3 is 6.01 Å². The second-order valence-corrected chi connectivity index (χ2v) is 4.34. The van der Waals surface area contributed by atoms with Gasteiger partial charge in [0.2, 0.25) is 5.91 Å². The Hall–Kier alpha value is -1.76. The summed E-state index contributed by atoms with van der Waals surface area (Å²) in [4.78, 5) is 20.9. The topological polar surface area (TPSA) is 64.5 Å². The van der Waals surface area contributed by atoms with Crippen LogP contribution in [0.4, 0.5) is 4.39 Å². The summed E-state index contributed by atoms with van der Waals surface area (Å²) in [6.07, 6.45) is 3.61. The highest BCUT2D eigenvalue weighted by Gasteiger charge is 2.25. The minimum Gasteiger partial charge on any atom is -0.458 e. The number of hydrogen-bond donors (Lipinski definition) is 0. The van der Waals surface area contributed by atoms with Crippen molar-refractivity contribution in [1.82, 2.24) is 14.9 Å². The number of halogens is 1. The minimum atomic E-state index is -0.507. The van der Waals surface area contributed by atoms with Crippen LogP contribution in [0, 0.1) is 5.82 Å². The molecule has 0 bridgehead atoms. The largest absolute Gasteiger partial charge is 0.458 e. The first-order valence-electron chi connectivity index (χ1n) is 6.10. The normalized spacial score (nSPS) is 19.3. The van der Waals surface area contributed by atoms with Gasteiger partial charge in [0.05, 0.1) is 18.9 Å². The number of carbonyl (C=O) groups is 1. The molecule has 7 heteroatoms. The maximum Gasteiger partial charge on any atom is 0.316 e. The molecule has 104 valence electrons. The minimum absolute atomic E-state index is 0.0594. The van der Waals surface area contributed by atoms with E-state index >= 15 is 0 Å². The van der Waals surface area contributed by atoms with Crippen LogP contribution in [0.3, 0.4) is 0 Å². The standard InChI is InChI=1S/C12H16FN3O3/c1-18-8-11(17)16-4-2-3-10(7-16)19-12-14-5-9(13)6-15-12/h5-6,10H,2-4,7-8H2,1H3/t10-/m0/s1. The van der Waals surface area contributed by atoms with Crippen LogP contribution in [0.1, 0.15) is 12.8 Å². The molecule has 0 radical (unpaired) electrons. The molecule has 1 aliphatic heterocycles. The van der Waals surface area contributed by atoms with Crippen LogP contribution in [0.25, 0.3) is 0 Å². The molecule has 6 nitrogen and oxygen atoms in total. The number of carbonyl (C=O) groups excluding carboxylic acids is 1. The molecule has 0 saturated carbocycles. The average Bonchev–Trinajstić information content (AvgIpc) is 2.42. The molecular weight excluding hydrogens is 253 g/mol. The van der Waals surface area contributed by atoms with Crippen molar-refractivity contribution in [1.29, 1.82) is 0 Å². The van der Waals surface area contributed by atoms with Crippen LogP contribution < -0.4 is 4.74 Å². The molecule has 1 aromatic heterocycles. The second kappa shape index (κ2) is 6.42. The van der Waals surface area contributed by atoms with E-state index in [1.807, 2.05) is 0 Å². The zero-order valence-electron chi connectivity index (χ0n) is 10.7. The lowest BCUT2D eigenvalue weighted by Gasteiger charge is -2.32. The van der Waals surface area contributed by atoms with Gasteiger partial charge in [0.15, 0.2) is 5.82 Å². The summed E-state index contributed by atoms with van der Waals surface area (Å²) in [6, 6.07) is 0.132. The molecule has 0 aromatic carbocycles. The molecule has 0 aliphatic carbocycles. The molecule has 19 heavy (non-hydrogen) atoms. The molecule has 0 N–H and O–H groups in total. The van der Waals surface area contributed by atoms with E-state index in [0.29, 0.717) is 13.1 Å². The highest BCUT2D eigenvalue weighted by molar-refractivity contribution is 5.77. The Morgan fingerprint density at radius 3 is 2.95 bits per heavy atom. The lowest BCUT2D eigenvalue weighted by Crippen LogP contribution is -2.45. The Labute approximate surface area is 110 Å². The average molecular weight is 269 g/mol. The van der Waals surface area contributed by atoms with Gasteiger partial charge in [-0.05, 0) is 12.8 Å². The smallest absolute Gasteiger partial charge is 0.316 e. The highest BCUT2D eigenvalue weighted by atomic mass is 19.1. The van der Waals surface area contributed by atoms with Crippen LogP contribution >= 0.6 is 0 Å². The Bertz CT molecular complexity index is 427. The van der Waals surface area contributed by atoms with Crippen LogP contribution in [0.15, 0.2) is 12.4 Å². The Morgan fingerprint density at radius 1 is 1.53 bits per heavy atom. The van der Waals surface area contributed by atoms with Crippen molar-refractivity contribution in [3.63, 3.8) is 0 Å². The monoisotopic (exact) mass is 269 g/mol. The molecule has 2 rings (SSSR count). The number of ether oxygens (including phenoxy) is 2. The first kappa shape index (κ1) is 13.7. The number of amides is 1. The van der Waals surface area contributed by atoms with Gasteiger partial charge in [-0.25, -0.2) is 14.4 Å². The lowest BCUT2D eigenvalue weighted by atomic mass is 10.1.